The number of fused-ring (bicyclic) bond motifs is 12. The Bertz CT molecular complexity index is 8560. The molecular weight excluding hydrogens is 1670 g/mol. The van der Waals surface area contributed by atoms with E-state index >= 15 is 0 Å². The summed E-state index contributed by atoms with van der Waals surface area (Å²) in [6.45, 7) is 4.26. The predicted octanol–water partition coefficient (Wildman–Crippen LogP) is 32.8. The van der Waals surface area contributed by atoms with Crippen LogP contribution in [0.2, 0.25) is 0 Å². The molecule has 137 heavy (non-hydrogen) atoms. The average molecular weight is 1760 g/mol. The standard InChI is InChI=1S/C48H34N4O.C41H29N3.C37H29N3/c53-32-33-16-20-36(21-17-33)50(37-24-26-39(27-25-37)51-43-11-4-1-8-40(43)41-9-2-5-12-44(41)51)46-14-7-15-47-48(46)42-10-3-6-13-45(42)52(47)38-22-18-34(19-23-38)35-28-30-49-31-29-35;1-3-13-30(14-4-1)31-24-26-34(27-25-31)43(33-16-5-2-6-17-33)39-22-12-23-40-41(39)36-19-7-8-21-38(36)44(40)35-18-11-15-32(29-35)37-20-9-10-28-42-37;1-26-16-20-29(21-17-26)39(30-22-18-27(2)19-23-30)35-14-8-15-36-37(35)32-11-3-4-13-34(32)40(36)31-10-7-9-28(25-31)33-12-5-6-24-38-33/h1-31,53H,32H2;1-29H;3-25H,1-2H3. The topological polar surface area (TPSA) is 88.3 Å². The summed E-state index contributed by atoms with van der Waals surface area (Å²) in [7, 11) is 0. The Labute approximate surface area is 794 Å². The number of para-hydroxylation sites is 6. The number of hydrogen-bond acceptors (Lipinski definition) is 7. The summed E-state index contributed by atoms with van der Waals surface area (Å²) in [6, 6.07) is 170. The minimum atomic E-state index is -0.00319. The fourth-order valence-corrected chi connectivity index (χ4v) is 19.8. The van der Waals surface area contributed by atoms with Crippen molar-refractivity contribution in [2.75, 3.05) is 14.7 Å². The molecule has 25 rings (SSSR count). The van der Waals surface area contributed by atoms with Crippen molar-refractivity contribution >= 4 is 138 Å². The molecule has 0 radical (unpaired) electrons. The molecule has 0 amide bonds. The summed E-state index contributed by atoms with van der Waals surface area (Å²) in [5, 5.41) is 19.6. The second-order valence-corrected chi connectivity index (χ2v) is 34.5. The number of benzene rings is 18. The van der Waals surface area contributed by atoms with Gasteiger partial charge in [0.1, 0.15) is 0 Å². The minimum absolute atomic E-state index is 0.00319. The molecule has 0 saturated carbocycles. The quantitative estimate of drug-likeness (QED) is 0.0915. The van der Waals surface area contributed by atoms with Crippen molar-refractivity contribution in [2.45, 2.75) is 20.5 Å². The number of aliphatic hydroxyl groups excluding tert-OH is 1. The molecule has 11 nitrogen and oxygen atoms in total. The third kappa shape index (κ3) is 15.8. The minimum Gasteiger partial charge on any atom is -0.392 e. The molecule has 0 aliphatic carbocycles. The monoisotopic (exact) mass is 1760 g/mol. The SMILES string of the molecule is Cc1ccc(N(c2ccc(C)cc2)c2cccc3c2c2ccccc2n3-c2cccc(-c3ccccn3)c2)cc1.OCc1ccc(N(c2ccc(-n3c4ccccc4c4ccccc43)cc2)c2cccc3c2c2ccccc2n3-c2ccc(-c3ccncc3)cc2)cc1.c1ccc(-c2ccc(N(c3ccccc3)c3cccc4c3c3ccccc3n4-c3cccc(-c4ccccn4)c3)cc2)cc1. The van der Waals surface area contributed by atoms with Crippen LogP contribution in [0.15, 0.2) is 504 Å². The van der Waals surface area contributed by atoms with Crippen molar-refractivity contribution in [3.63, 3.8) is 0 Å². The fourth-order valence-electron chi connectivity index (χ4n) is 19.8. The highest BCUT2D eigenvalue weighted by atomic mass is 16.3. The van der Waals surface area contributed by atoms with Gasteiger partial charge in [0.15, 0.2) is 0 Å². The van der Waals surface area contributed by atoms with Crippen LogP contribution in [-0.2, 0) is 6.61 Å². The smallest absolute Gasteiger partial charge is 0.0702 e. The van der Waals surface area contributed by atoms with Crippen LogP contribution in [0.5, 0.6) is 0 Å². The first-order valence-corrected chi connectivity index (χ1v) is 46.4. The molecule has 0 unspecified atom stereocenters. The van der Waals surface area contributed by atoms with Gasteiger partial charge in [-0.3, -0.25) is 15.0 Å². The zero-order valence-corrected chi connectivity index (χ0v) is 75.5. The number of aryl methyl sites for hydroxylation is 2. The molecule has 0 spiro atoms. The first-order valence-electron chi connectivity index (χ1n) is 46.4. The number of rotatable bonds is 18. The Morgan fingerprint density at radius 3 is 0.898 bits per heavy atom. The van der Waals surface area contributed by atoms with Crippen LogP contribution in [0.25, 0.3) is 155 Å². The normalized spacial score (nSPS) is 11.4. The molecule has 652 valence electrons. The predicted molar refractivity (Wildman–Crippen MR) is 571 cm³/mol. The molecule has 0 saturated heterocycles. The lowest BCUT2D eigenvalue weighted by atomic mass is 10.0. The average Bonchev–Trinajstić information content (AvgIpc) is 1.58. The van der Waals surface area contributed by atoms with Crippen molar-refractivity contribution in [1.82, 2.24) is 33.2 Å². The van der Waals surface area contributed by atoms with E-state index in [1.165, 1.54) is 92.9 Å². The summed E-state index contributed by atoms with van der Waals surface area (Å²) in [5.74, 6) is 0. The summed E-state index contributed by atoms with van der Waals surface area (Å²) in [5.41, 5.74) is 35.8. The number of hydrogen-bond donors (Lipinski definition) is 1. The van der Waals surface area contributed by atoms with E-state index < -0.39 is 0 Å². The molecule has 7 aromatic heterocycles. The third-order valence-electron chi connectivity index (χ3n) is 26.2. The van der Waals surface area contributed by atoms with Gasteiger partial charge in [-0.1, -0.05) is 266 Å². The lowest BCUT2D eigenvalue weighted by molar-refractivity contribution is 0.282. The highest BCUT2D eigenvalue weighted by molar-refractivity contribution is 6.20. The maximum atomic E-state index is 9.90. The third-order valence-corrected chi connectivity index (χ3v) is 26.2. The van der Waals surface area contributed by atoms with E-state index in [2.05, 4.69) is 492 Å². The van der Waals surface area contributed by atoms with Crippen LogP contribution in [-0.4, -0.2) is 38.3 Å². The van der Waals surface area contributed by atoms with Crippen molar-refractivity contribution in [3.8, 4) is 67.5 Å². The van der Waals surface area contributed by atoms with Crippen LogP contribution < -0.4 is 14.7 Å². The van der Waals surface area contributed by atoms with Gasteiger partial charge in [0, 0.05) is 136 Å². The largest absolute Gasteiger partial charge is 0.392 e. The summed E-state index contributed by atoms with van der Waals surface area (Å²) in [4.78, 5) is 20.5. The van der Waals surface area contributed by atoms with Gasteiger partial charge in [0.25, 0.3) is 0 Å². The molecule has 11 heteroatoms. The molecule has 0 fully saturated rings. The lowest BCUT2D eigenvalue weighted by Gasteiger charge is -2.27. The van der Waals surface area contributed by atoms with Crippen molar-refractivity contribution in [1.29, 1.82) is 0 Å². The fraction of sp³-hybridized carbons (Fsp3) is 0.0238. The van der Waals surface area contributed by atoms with Crippen LogP contribution in [0.3, 0.4) is 0 Å². The van der Waals surface area contributed by atoms with Gasteiger partial charge in [0.05, 0.1) is 79.2 Å². The Morgan fingerprint density at radius 1 is 0.212 bits per heavy atom. The van der Waals surface area contributed by atoms with Gasteiger partial charge in [-0.15, -0.1) is 0 Å². The van der Waals surface area contributed by atoms with Crippen LogP contribution in [0, 0.1) is 13.8 Å². The Hall–Kier alpha value is -18.0. The highest BCUT2D eigenvalue weighted by Gasteiger charge is 2.27. The Morgan fingerprint density at radius 2 is 0.496 bits per heavy atom. The van der Waals surface area contributed by atoms with Gasteiger partial charge in [-0.25, -0.2) is 0 Å². The van der Waals surface area contributed by atoms with Gasteiger partial charge in [0.2, 0.25) is 0 Å². The number of anilines is 9. The molecule has 18 aromatic carbocycles. The van der Waals surface area contributed by atoms with E-state index in [4.69, 9.17) is 0 Å². The van der Waals surface area contributed by atoms with Crippen LogP contribution in [0.1, 0.15) is 16.7 Å². The van der Waals surface area contributed by atoms with E-state index in [-0.39, 0.29) is 6.61 Å². The van der Waals surface area contributed by atoms with Crippen LogP contribution >= 0.6 is 0 Å². The zero-order chi connectivity index (χ0) is 91.7. The number of nitrogens with zero attached hydrogens (tertiary/aromatic N) is 10. The molecule has 1 N–H and O–H groups in total. The summed E-state index contributed by atoms with van der Waals surface area (Å²) in [6.07, 6.45) is 7.36. The van der Waals surface area contributed by atoms with Gasteiger partial charge < -0.3 is 38.1 Å². The second kappa shape index (κ2) is 36.6. The molecule has 25 aromatic rings. The van der Waals surface area contributed by atoms with Crippen molar-refractivity contribution in [2.24, 2.45) is 0 Å². The summed E-state index contributed by atoms with van der Waals surface area (Å²) >= 11 is 0. The van der Waals surface area contributed by atoms with E-state index in [0.717, 1.165) is 130 Å². The first kappa shape index (κ1) is 83.3. The van der Waals surface area contributed by atoms with Gasteiger partial charge >= 0.3 is 0 Å². The van der Waals surface area contributed by atoms with E-state index in [0.29, 0.717) is 0 Å². The lowest BCUT2D eigenvalue weighted by Crippen LogP contribution is -2.11. The molecule has 7 heterocycles. The van der Waals surface area contributed by atoms with Crippen LogP contribution in [0.4, 0.5) is 51.2 Å². The van der Waals surface area contributed by atoms with E-state index in [9.17, 15) is 5.11 Å². The zero-order valence-electron chi connectivity index (χ0n) is 75.5. The number of pyridine rings is 3. The molecule has 0 bridgehead atoms. The van der Waals surface area contributed by atoms with E-state index in [1.54, 1.807) is 0 Å². The molecule has 0 atom stereocenters. The maximum absolute atomic E-state index is 9.90. The Kier molecular flexibility index (Phi) is 22.3. The van der Waals surface area contributed by atoms with Crippen molar-refractivity contribution < 1.29 is 5.11 Å². The number of aromatic nitrogens is 7. The Balaban J connectivity index is 0.000000117. The van der Waals surface area contributed by atoms with Crippen molar-refractivity contribution in [3.05, 3.63) is 521 Å². The number of aliphatic hydroxyl groups is 1. The molecule has 0 aliphatic rings. The maximum Gasteiger partial charge on any atom is 0.0702 e. The highest BCUT2D eigenvalue weighted by Crippen LogP contribution is 2.50. The van der Waals surface area contributed by atoms with Gasteiger partial charge in [-0.05, 0) is 266 Å². The summed E-state index contributed by atoms with van der Waals surface area (Å²) < 4.78 is 9.47. The van der Waals surface area contributed by atoms with Gasteiger partial charge in [-0.2, -0.15) is 0 Å². The first-order chi connectivity index (χ1) is 67.8. The van der Waals surface area contributed by atoms with E-state index in [1.807, 2.05) is 73.3 Å². The second-order valence-electron chi connectivity index (χ2n) is 34.5. The molecular formula is C126H92N10O. The molecule has 0 aliphatic heterocycles.